The molecule has 0 aromatic heterocycles. The monoisotopic (exact) mass is 387 g/mol. The highest BCUT2D eigenvalue weighted by Crippen LogP contribution is 2.31. The molecule has 0 saturated heterocycles. The van der Waals surface area contributed by atoms with Crippen LogP contribution in [0.5, 0.6) is 11.5 Å². The third kappa shape index (κ3) is 4.24. The van der Waals surface area contributed by atoms with Crippen molar-refractivity contribution in [3.63, 3.8) is 0 Å². The standard InChI is InChI=1S/C22H17N3O4/c26-21(16-6-2-1-3-7-16)24-18-9-5-4-8-17(18)22(27)25-23-13-15-10-11-19-20(12-15)29-14-28-19/h1-13H,14H2,(H,24,26)(H,25,27). The first kappa shape index (κ1) is 18.2. The van der Waals surface area contributed by atoms with Crippen molar-refractivity contribution < 1.29 is 19.1 Å². The van der Waals surface area contributed by atoms with Gasteiger partial charge in [0.05, 0.1) is 17.5 Å². The molecule has 7 nitrogen and oxygen atoms in total. The molecule has 1 heterocycles. The summed E-state index contributed by atoms with van der Waals surface area (Å²) in [5, 5.41) is 6.75. The summed E-state index contributed by atoms with van der Waals surface area (Å²) in [6, 6.07) is 20.9. The molecule has 0 bridgehead atoms. The first-order valence-electron chi connectivity index (χ1n) is 8.89. The summed E-state index contributed by atoms with van der Waals surface area (Å²) >= 11 is 0. The number of para-hydroxylation sites is 1. The van der Waals surface area contributed by atoms with Crippen molar-refractivity contribution in [2.24, 2.45) is 5.10 Å². The highest BCUT2D eigenvalue weighted by atomic mass is 16.7. The second-order valence-corrected chi connectivity index (χ2v) is 6.18. The number of rotatable bonds is 5. The zero-order chi connectivity index (χ0) is 20.1. The van der Waals surface area contributed by atoms with Crippen LogP contribution in [0.2, 0.25) is 0 Å². The van der Waals surface area contributed by atoms with Gasteiger partial charge in [-0.25, -0.2) is 5.43 Å². The number of anilines is 1. The maximum absolute atomic E-state index is 12.5. The van der Waals surface area contributed by atoms with Crippen LogP contribution in [0.15, 0.2) is 77.9 Å². The van der Waals surface area contributed by atoms with Gasteiger partial charge in [0.25, 0.3) is 11.8 Å². The van der Waals surface area contributed by atoms with E-state index in [4.69, 9.17) is 9.47 Å². The van der Waals surface area contributed by atoms with Crippen molar-refractivity contribution in [2.75, 3.05) is 12.1 Å². The van der Waals surface area contributed by atoms with E-state index in [1.807, 2.05) is 6.07 Å². The van der Waals surface area contributed by atoms with Crippen LogP contribution < -0.4 is 20.2 Å². The Morgan fingerprint density at radius 3 is 2.48 bits per heavy atom. The largest absolute Gasteiger partial charge is 0.454 e. The first-order chi connectivity index (χ1) is 14.2. The molecule has 29 heavy (non-hydrogen) atoms. The molecule has 2 amide bonds. The zero-order valence-corrected chi connectivity index (χ0v) is 15.3. The van der Waals surface area contributed by atoms with E-state index in [2.05, 4.69) is 15.8 Å². The van der Waals surface area contributed by atoms with Crippen LogP contribution in [0.4, 0.5) is 5.69 Å². The number of ether oxygens (including phenoxy) is 2. The molecule has 7 heteroatoms. The highest BCUT2D eigenvalue weighted by Gasteiger charge is 2.14. The van der Waals surface area contributed by atoms with E-state index in [0.29, 0.717) is 28.3 Å². The van der Waals surface area contributed by atoms with Gasteiger partial charge in [0.15, 0.2) is 11.5 Å². The molecule has 0 aliphatic carbocycles. The maximum atomic E-state index is 12.5. The number of hydrazone groups is 1. The molecule has 1 aliphatic rings. The fraction of sp³-hybridized carbons (Fsp3) is 0.0455. The van der Waals surface area contributed by atoms with Crippen LogP contribution in [0, 0.1) is 0 Å². The summed E-state index contributed by atoms with van der Waals surface area (Å²) in [5.74, 6) is 0.573. The summed E-state index contributed by atoms with van der Waals surface area (Å²) in [5.41, 5.74) is 4.43. The van der Waals surface area contributed by atoms with Gasteiger partial charge in [0, 0.05) is 5.56 Å². The van der Waals surface area contributed by atoms with Gasteiger partial charge < -0.3 is 14.8 Å². The third-order valence-electron chi connectivity index (χ3n) is 4.23. The molecule has 3 aromatic rings. The summed E-state index contributed by atoms with van der Waals surface area (Å²) in [6.07, 6.45) is 1.50. The molecular formula is C22H17N3O4. The maximum Gasteiger partial charge on any atom is 0.273 e. The average Bonchev–Trinajstić information content (AvgIpc) is 3.22. The van der Waals surface area contributed by atoms with Crippen molar-refractivity contribution in [3.8, 4) is 11.5 Å². The Kier molecular flexibility index (Phi) is 5.20. The normalized spacial score (nSPS) is 12.0. The van der Waals surface area contributed by atoms with E-state index in [0.717, 1.165) is 5.56 Å². The summed E-state index contributed by atoms with van der Waals surface area (Å²) in [6.45, 7) is 0.193. The highest BCUT2D eigenvalue weighted by molar-refractivity contribution is 6.09. The number of nitrogens with one attached hydrogen (secondary N) is 2. The number of hydrogen-bond acceptors (Lipinski definition) is 5. The summed E-state index contributed by atoms with van der Waals surface area (Å²) in [7, 11) is 0. The molecule has 4 rings (SSSR count). The lowest BCUT2D eigenvalue weighted by Crippen LogP contribution is -2.21. The third-order valence-corrected chi connectivity index (χ3v) is 4.23. The lowest BCUT2D eigenvalue weighted by atomic mass is 10.1. The van der Waals surface area contributed by atoms with Gasteiger partial charge in [-0.05, 0) is 48.0 Å². The smallest absolute Gasteiger partial charge is 0.273 e. The van der Waals surface area contributed by atoms with Crippen molar-refractivity contribution in [3.05, 3.63) is 89.5 Å². The number of benzene rings is 3. The number of fused-ring (bicyclic) bond motifs is 1. The second kappa shape index (κ2) is 8.26. The molecule has 0 atom stereocenters. The van der Waals surface area contributed by atoms with Gasteiger partial charge >= 0.3 is 0 Å². The predicted molar refractivity (Wildman–Crippen MR) is 108 cm³/mol. The Morgan fingerprint density at radius 1 is 0.862 bits per heavy atom. The fourth-order valence-corrected chi connectivity index (χ4v) is 2.79. The van der Waals surface area contributed by atoms with E-state index in [9.17, 15) is 9.59 Å². The van der Waals surface area contributed by atoms with Crippen LogP contribution in [-0.4, -0.2) is 24.8 Å². The minimum absolute atomic E-state index is 0.193. The van der Waals surface area contributed by atoms with E-state index in [1.165, 1.54) is 6.21 Å². The number of carbonyl (C=O) groups is 2. The lowest BCUT2D eigenvalue weighted by Gasteiger charge is -2.10. The van der Waals surface area contributed by atoms with Crippen molar-refractivity contribution in [2.45, 2.75) is 0 Å². The molecule has 0 radical (unpaired) electrons. The van der Waals surface area contributed by atoms with E-state index < -0.39 is 5.91 Å². The minimum Gasteiger partial charge on any atom is -0.454 e. The van der Waals surface area contributed by atoms with Crippen LogP contribution >= 0.6 is 0 Å². The van der Waals surface area contributed by atoms with Gasteiger partial charge in [-0.1, -0.05) is 30.3 Å². The Morgan fingerprint density at radius 2 is 1.62 bits per heavy atom. The van der Waals surface area contributed by atoms with Gasteiger partial charge in [-0.3, -0.25) is 9.59 Å². The molecule has 144 valence electrons. The number of nitrogens with zero attached hydrogens (tertiary/aromatic N) is 1. The lowest BCUT2D eigenvalue weighted by molar-refractivity contribution is 0.0956. The van der Waals surface area contributed by atoms with Gasteiger partial charge in [-0.15, -0.1) is 0 Å². The van der Waals surface area contributed by atoms with Crippen molar-refractivity contribution in [1.82, 2.24) is 5.43 Å². The first-order valence-corrected chi connectivity index (χ1v) is 8.89. The topological polar surface area (TPSA) is 89.0 Å². The van der Waals surface area contributed by atoms with Crippen molar-refractivity contribution in [1.29, 1.82) is 0 Å². The number of amides is 2. The van der Waals surface area contributed by atoms with E-state index >= 15 is 0 Å². The van der Waals surface area contributed by atoms with E-state index in [-0.39, 0.29) is 12.7 Å². The Bertz CT molecular complexity index is 1080. The molecule has 0 fully saturated rings. The average molecular weight is 387 g/mol. The van der Waals surface area contributed by atoms with Crippen LogP contribution in [0.1, 0.15) is 26.3 Å². The zero-order valence-electron chi connectivity index (χ0n) is 15.3. The SMILES string of the molecule is O=C(Nc1ccccc1C(=O)NN=Cc1ccc2c(c1)OCO2)c1ccccc1. The van der Waals surface area contributed by atoms with Gasteiger partial charge in [0.1, 0.15) is 0 Å². The second-order valence-electron chi connectivity index (χ2n) is 6.18. The number of carbonyl (C=O) groups excluding carboxylic acids is 2. The molecule has 0 unspecified atom stereocenters. The van der Waals surface area contributed by atoms with Crippen LogP contribution in [0.25, 0.3) is 0 Å². The summed E-state index contributed by atoms with van der Waals surface area (Å²) in [4.78, 5) is 24.9. The number of hydrogen-bond donors (Lipinski definition) is 2. The molecule has 2 N–H and O–H groups in total. The van der Waals surface area contributed by atoms with E-state index in [1.54, 1.807) is 66.7 Å². The molecule has 3 aromatic carbocycles. The van der Waals surface area contributed by atoms with Crippen LogP contribution in [-0.2, 0) is 0 Å². The van der Waals surface area contributed by atoms with Gasteiger partial charge in [-0.2, -0.15) is 5.10 Å². The van der Waals surface area contributed by atoms with Gasteiger partial charge in [0.2, 0.25) is 6.79 Å². The predicted octanol–water partition coefficient (Wildman–Crippen LogP) is 3.43. The van der Waals surface area contributed by atoms with Crippen molar-refractivity contribution >= 4 is 23.7 Å². The molecular weight excluding hydrogens is 370 g/mol. The Balaban J connectivity index is 1.44. The Hall–Kier alpha value is -4.13. The quantitative estimate of drug-likeness (QED) is 0.519. The summed E-state index contributed by atoms with van der Waals surface area (Å²) < 4.78 is 10.6. The minimum atomic E-state index is -0.439. The molecule has 0 spiro atoms. The molecule has 0 saturated carbocycles. The molecule has 1 aliphatic heterocycles. The Labute approximate surface area is 167 Å². The fourth-order valence-electron chi connectivity index (χ4n) is 2.79. The van der Waals surface area contributed by atoms with Crippen LogP contribution in [0.3, 0.4) is 0 Å².